The predicted molar refractivity (Wildman–Crippen MR) is 74.7 cm³/mol. The second kappa shape index (κ2) is 6.76. The van der Waals surface area contributed by atoms with Crippen molar-refractivity contribution in [3.8, 4) is 11.8 Å². The molecule has 1 heterocycles. The van der Waals surface area contributed by atoms with E-state index in [1.54, 1.807) is 18.3 Å². The number of nitrogens with zero attached hydrogens (tertiary/aromatic N) is 1. The monoisotopic (exact) mass is 261 g/mol. The first-order valence-electron chi connectivity index (χ1n) is 6.06. The first-order chi connectivity index (χ1) is 8.90. The smallest absolute Gasteiger partial charge is 0.320 e. The molecule has 1 aromatic heterocycles. The molecule has 19 heavy (non-hydrogen) atoms. The number of aliphatic hydroxyl groups is 1. The maximum atomic E-state index is 11.7. The summed E-state index contributed by atoms with van der Waals surface area (Å²) < 4.78 is 0. The summed E-state index contributed by atoms with van der Waals surface area (Å²) in [5, 5.41) is 14.1. The molecule has 5 heteroatoms. The summed E-state index contributed by atoms with van der Waals surface area (Å²) in [7, 11) is 0. The van der Waals surface area contributed by atoms with Gasteiger partial charge in [-0.05, 0) is 32.9 Å². The van der Waals surface area contributed by atoms with Crippen molar-refractivity contribution in [1.29, 1.82) is 0 Å². The van der Waals surface area contributed by atoms with Crippen LogP contribution in [0.15, 0.2) is 18.3 Å². The molecule has 0 aliphatic heterocycles. The fourth-order valence-electron chi connectivity index (χ4n) is 1.29. The molecule has 0 bridgehead atoms. The van der Waals surface area contributed by atoms with Crippen LogP contribution in [0.2, 0.25) is 0 Å². The van der Waals surface area contributed by atoms with Gasteiger partial charge in [-0.3, -0.25) is 5.32 Å². The molecule has 0 spiro atoms. The minimum absolute atomic E-state index is 0.0389. The topological polar surface area (TPSA) is 74.2 Å². The number of hydrogen-bond donors (Lipinski definition) is 3. The summed E-state index contributed by atoms with van der Waals surface area (Å²) in [6.07, 6.45) is 2.01. The van der Waals surface area contributed by atoms with E-state index in [2.05, 4.69) is 27.5 Å². The number of urea groups is 1. The number of carbonyl (C=O) groups excluding carboxylic acids is 1. The van der Waals surface area contributed by atoms with Crippen LogP contribution in [0.5, 0.6) is 0 Å². The second-order valence-electron chi connectivity index (χ2n) is 5.03. The molecule has 0 aromatic carbocycles. The van der Waals surface area contributed by atoms with E-state index in [9.17, 15) is 4.79 Å². The zero-order chi connectivity index (χ0) is 14.3. The highest BCUT2D eigenvalue weighted by Gasteiger charge is 2.13. The van der Waals surface area contributed by atoms with Crippen LogP contribution in [0, 0.1) is 11.8 Å². The Kier molecular flexibility index (Phi) is 5.34. The van der Waals surface area contributed by atoms with Crippen molar-refractivity contribution in [2.75, 3.05) is 11.9 Å². The Bertz CT molecular complexity index is 495. The average molecular weight is 261 g/mol. The molecule has 0 radical (unpaired) electrons. The van der Waals surface area contributed by atoms with Gasteiger partial charge < -0.3 is 10.4 Å². The number of aliphatic hydroxyl groups excluding tert-OH is 1. The van der Waals surface area contributed by atoms with Gasteiger partial charge >= 0.3 is 6.03 Å². The molecule has 0 unspecified atom stereocenters. The van der Waals surface area contributed by atoms with Gasteiger partial charge in [0.05, 0.1) is 6.61 Å². The Balaban J connectivity index is 2.68. The van der Waals surface area contributed by atoms with Gasteiger partial charge in [0.2, 0.25) is 0 Å². The lowest BCUT2D eigenvalue weighted by molar-refractivity contribution is 0.243. The molecule has 2 amide bonds. The van der Waals surface area contributed by atoms with Crippen molar-refractivity contribution in [3.05, 3.63) is 23.9 Å². The van der Waals surface area contributed by atoms with Gasteiger partial charge in [0.15, 0.2) is 0 Å². The van der Waals surface area contributed by atoms with E-state index in [4.69, 9.17) is 5.11 Å². The van der Waals surface area contributed by atoms with Gasteiger partial charge in [-0.25, -0.2) is 9.78 Å². The molecule has 5 nitrogen and oxygen atoms in total. The third-order valence-electron chi connectivity index (χ3n) is 1.96. The van der Waals surface area contributed by atoms with Crippen LogP contribution in [0.25, 0.3) is 0 Å². The van der Waals surface area contributed by atoms with Gasteiger partial charge in [0.1, 0.15) is 5.82 Å². The van der Waals surface area contributed by atoms with Crippen LogP contribution in [-0.4, -0.2) is 28.3 Å². The highest BCUT2D eigenvalue weighted by Crippen LogP contribution is 2.06. The summed E-state index contributed by atoms with van der Waals surface area (Å²) in [4.78, 5) is 15.7. The molecule has 102 valence electrons. The minimum Gasteiger partial charge on any atom is -0.395 e. The third kappa shape index (κ3) is 6.43. The number of amides is 2. The van der Waals surface area contributed by atoms with Crippen molar-refractivity contribution >= 4 is 11.8 Å². The molecule has 0 atom stereocenters. The maximum Gasteiger partial charge on any atom is 0.320 e. The van der Waals surface area contributed by atoms with Crippen LogP contribution in [-0.2, 0) is 0 Å². The van der Waals surface area contributed by atoms with E-state index in [1.807, 2.05) is 20.8 Å². The first-order valence-corrected chi connectivity index (χ1v) is 6.06. The molecule has 0 fully saturated rings. The second-order valence-corrected chi connectivity index (χ2v) is 5.03. The van der Waals surface area contributed by atoms with Crippen LogP contribution in [0.3, 0.4) is 0 Å². The zero-order valence-electron chi connectivity index (χ0n) is 11.4. The van der Waals surface area contributed by atoms with Crippen molar-refractivity contribution in [2.45, 2.75) is 32.7 Å². The molecular formula is C14H19N3O2. The van der Waals surface area contributed by atoms with Gasteiger partial charge in [-0.2, -0.15) is 0 Å². The highest BCUT2D eigenvalue weighted by molar-refractivity contribution is 5.88. The maximum absolute atomic E-state index is 11.7. The third-order valence-corrected chi connectivity index (χ3v) is 1.96. The summed E-state index contributed by atoms with van der Waals surface area (Å²) in [5.41, 5.74) is 0.442. The Morgan fingerprint density at radius 3 is 2.84 bits per heavy atom. The predicted octanol–water partition coefficient (Wildman–Crippen LogP) is 1.74. The van der Waals surface area contributed by atoms with E-state index in [-0.39, 0.29) is 18.2 Å². The molecule has 0 saturated heterocycles. The van der Waals surface area contributed by atoms with E-state index in [0.717, 1.165) is 5.56 Å². The van der Waals surface area contributed by atoms with Crippen LogP contribution in [0.1, 0.15) is 32.8 Å². The minimum atomic E-state index is -0.305. The zero-order valence-corrected chi connectivity index (χ0v) is 11.4. The van der Waals surface area contributed by atoms with Crippen LogP contribution >= 0.6 is 0 Å². The fourth-order valence-corrected chi connectivity index (χ4v) is 1.29. The Morgan fingerprint density at radius 1 is 1.47 bits per heavy atom. The van der Waals surface area contributed by atoms with Crippen LogP contribution < -0.4 is 10.6 Å². The van der Waals surface area contributed by atoms with E-state index < -0.39 is 0 Å². The summed E-state index contributed by atoms with van der Waals surface area (Å²) in [6.45, 7) is 5.74. The highest BCUT2D eigenvalue weighted by atomic mass is 16.2. The quantitative estimate of drug-likeness (QED) is 0.710. The van der Waals surface area contributed by atoms with Crippen molar-refractivity contribution in [1.82, 2.24) is 10.3 Å². The van der Waals surface area contributed by atoms with E-state index in [1.165, 1.54) is 0 Å². The Hall–Kier alpha value is -2.06. The molecule has 0 aliphatic rings. The molecule has 3 N–H and O–H groups in total. The number of pyridine rings is 1. The van der Waals surface area contributed by atoms with Gasteiger partial charge in [0.25, 0.3) is 0 Å². The average Bonchev–Trinajstić information content (AvgIpc) is 2.27. The standard InChI is InChI=1S/C14H19N3O2/c1-14(2,3)17-13(19)16-12-10-11(7-8-15-12)6-4-5-9-18/h7-8,10,18H,5,9H2,1-3H3,(H2,15,16,17,19). The number of aromatic nitrogens is 1. The summed E-state index contributed by atoms with van der Waals surface area (Å²) >= 11 is 0. The number of nitrogens with one attached hydrogen (secondary N) is 2. The Morgan fingerprint density at radius 2 is 2.21 bits per heavy atom. The number of rotatable bonds is 2. The number of anilines is 1. The molecule has 1 aromatic rings. The SMILES string of the molecule is CC(C)(C)NC(=O)Nc1cc(C#CCCO)ccn1. The molecule has 1 rings (SSSR count). The lowest BCUT2D eigenvalue weighted by Crippen LogP contribution is -2.43. The fraction of sp³-hybridized carbons (Fsp3) is 0.429. The van der Waals surface area contributed by atoms with Crippen molar-refractivity contribution in [3.63, 3.8) is 0 Å². The Labute approximate surface area is 113 Å². The van der Waals surface area contributed by atoms with E-state index in [0.29, 0.717) is 12.2 Å². The van der Waals surface area contributed by atoms with Gasteiger partial charge in [0, 0.05) is 23.7 Å². The normalized spacial score (nSPS) is 10.3. The molecular weight excluding hydrogens is 242 g/mol. The first kappa shape index (κ1) is 15.0. The van der Waals surface area contributed by atoms with E-state index >= 15 is 0 Å². The lowest BCUT2D eigenvalue weighted by Gasteiger charge is -2.20. The van der Waals surface area contributed by atoms with Crippen molar-refractivity contribution < 1.29 is 9.90 Å². The molecule has 0 saturated carbocycles. The lowest BCUT2D eigenvalue weighted by atomic mass is 10.1. The van der Waals surface area contributed by atoms with Gasteiger partial charge in [-0.1, -0.05) is 11.8 Å². The van der Waals surface area contributed by atoms with Crippen molar-refractivity contribution in [2.24, 2.45) is 0 Å². The number of carbonyl (C=O) groups is 1. The largest absolute Gasteiger partial charge is 0.395 e. The number of hydrogen-bond acceptors (Lipinski definition) is 3. The summed E-state index contributed by atoms with van der Waals surface area (Å²) in [5.74, 6) is 6.14. The van der Waals surface area contributed by atoms with Crippen LogP contribution in [0.4, 0.5) is 10.6 Å². The summed E-state index contributed by atoms with van der Waals surface area (Å²) in [6, 6.07) is 3.13. The molecule has 0 aliphatic carbocycles. The van der Waals surface area contributed by atoms with Gasteiger partial charge in [-0.15, -0.1) is 0 Å².